The Morgan fingerprint density at radius 2 is 1.76 bits per heavy atom. The third-order valence-corrected chi connectivity index (χ3v) is 7.28. The van der Waals surface area contributed by atoms with Crippen molar-refractivity contribution < 1.29 is 13.2 Å². The number of benzene rings is 3. The van der Waals surface area contributed by atoms with Crippen LogP contribution in [0.2, 0.25) is 0 Å². The number of fused-ring (bicyclic) bond motifs is 1. The molecule has 0 unspecified atom stereocenters. The lowest BCUT2D eigenvalue weighted by molar-refractivity contribution is 0.102. The fourth-order valence-corrected chi connectivity index (χ4v) is 5.25. The zero-order valence-corrected chi connectivity index (χ0v) is 19.4. The van der Waals surface area contributed by atoms with Crippen molar-refractivity contribution in [3.63, 3.8) is 0 Å². The maximum absolute atomic E-state index is 13.0. The largest absolute Gasteiger partial charge is 0.331 e. The molecule has 0 bridgehead atoms. The molecule has 0 saturated heterocycles. The number of hydrogen-bond donors (Lipinski definition) is 3. The Morgan fingerprint density at radius 1 is 1.00 bits per heavy atom. The highest BCUT2D eigenvalue weighted by atomic mass is 32.2. The van der Waals surface area contributed by atoms with Gasteiger partial charge in [-0.15, -0.1) is 0 Å². The molecule has 1 heterocycles. The van der Waals surface area contributed by atoms with E-state index in [9.17, 15) is 18.0 Å². The fraction of sp³-hybridized carbons (Fsp3) is 0.125. The topological polar surface area (TPSA) is 113 Å². The van der Waals surface area contributed by atoms with E-state index in [2.05, 4.69) is 15.0 Å². The van der Waals surface area contributed by atoms with Gasteiger partial charge in [0.25, 0.3) is 11.5 Å². The van der Waals surface area contributed by atoms with Gasteiger partial charge in [0, 0.05) is 17.3 Å². The molecule has 1 amide bonds. The lowest BCUT2D eigenvalue weighted by atomic mass is 10.1. The molecule has 34 heavy (non-hydrogen) atoms. The van der Waals surface area contributed by atoms with Gasteiger partial charge in [-0.25, -0.2) is 13.1 Å². The summed E-state index contributed by atoms with van der Waals surface area (Å²) in [7, 11) is -3.64. The quantitative estimate of drug-likeness (QED) is 0.355. The monoisotopic (exact) mass is 492 g/mol. The van der Waals surface area contributed by atoms with Crippen molar-refractivity contribution in [1.82, 2.24) is 14.3 Å². The Morgan fingerprint density at radius 3 is 2.50 bits per heavy atom. The highest BCUT2D eigenvalue weighted by Crippen LogP contribution is 2.23. The smallest absolute Gasteiger partial charge is 0.266 e. The van der Waals surface area contributed by atoms with Crippen LogP contribution in [0, 0.1) is 4.77 Å². The molecule has 3 N–H and O–H groups in total. The molecule has 8 nitrogen and oxygen atoms in total. The molecule has 0 aliphatic heterocycles. The summed E-state index contributed by atoms with van der Waals surface area (Å²) in [6.45, 7) is 0. The van der Waals surface area contributed by atoms with Crippen LogP contribution in [0.15, 0.2) is 82.5 Å². The van der Waals surface area contributed by atoms with Gasteiger partial charge in [0.15, 0.2) is 4.77 Å². The summed E-state index contributed by atoms with van der Waals surface area (Å²) >= 11 is 5.39. The summed E-state index contributed by atoms with van der Waals surface area (Å²) < 4.78 is 29.2. The minimum absolute atomic E-state index is 0.0159. The second kappa shape index (κ2) is 8.64. The standard InChI is InChI=1S/C24H20N4O4S2/c29-22(25-17-5-4-8-19(14-17)34(31,32)27-16-10-11-16)15-9-12-20-21(13-15)26-24(33)28(23(20)30)18-6-2-1-3-7-18/h1-9,12-14,16,27H,10-11H2,(H,25,29)(H,26,33). The van der Waals surface area contributed by atoms with Gasteiger partial charge in [-0.3, -0.25) is 14.2 Å². The summed E-state index contributed by atoms with van der Waals surface area (Å²) in [5.41, 5.74) is 1.41. The normalized spacial score (nSPS) is 13.6. The number of nitrogens with zero attached hydrogens (tertiary/aromatic N) is 1. The van der Waals surface area contributed by atoms with E-state index >= 15 is 0 Å². The SMILES string of the molecule is O=C(Nc1cccc(S(=O)(=O)NC2CC2)c1)c1ccc2c(=O)n(-c3ccccc3)c(=S)[nH]c2c1. The summed E-state index contributed by atoms with van der Waals surface area (Å²) in [5, 5.41) is 3.10. The second-order valence-corrected chi connectivity index (χ2v) is 10.1. The van der Waals surface area contributed by atoms with Crippen molar-refractivity contribution >= 4 is 44.7 Å². The summed E-state index contributed by atoms with van der Waals surface area (Å²) in [6, 6.07) is 19.8. The van der Waals surface area contributed by atoms with Crippen LogP contribution < -0.4 is 15.6 Å². The van der Waals surface area contributed by atoms with Crippen molar-refractivity contribution in [3.8, 4) is 5.69 Å². The Kier molecular flexibility index (Phi) is 5.64. The van der Waals surface area contributed by atoms with E-state index in [0.717, 1.165) is 12.8 Å². The molecule has 10 heteroatoms. The predicted octanol–water partition coefficient (Wildman–Crippen LogP) is 3.74. The number of carbonyl (C=O) groups is 1. The predicted molar refractivity (Wildman–Crippen MR) is 132 cm³/mol. The number of nitrogens with one attached hydrogen (secondary N) is 3. The molecule has 1 aromatic heterocycles. The number of hydrogen-bond acceptors (Lipinski definition) is 5. The van der Waals surface area contributed by atoms with Gasteiger partial charge < -0.3 is 10.3 Å². The zero-order chi connectivity index (χ0) is 23.9. The fourth-order valence-electron chi connectivity index (χ4n) is 3.60. The van der Waals surface area contributed by atoms with Crippen LogP contribution in [-0.2, 0) is 10.0 Å². The number of sulfonamides is 1. The number of aromatic nitrogens is 2. The number of rotatable bonds is 6. The molecule has 1 aliphatic carbocycles. The van der Waals surface area contributed by atoms with Gasteiger partial charge in [0.1, 0.15) is 0 Å². The minimum atomic E-state index is -3.64. The summed E-state index contributed by atoms with van der Waals surface area (Å²) in [4.78, 5) is 29.0. The molecule has 1 fully saturated rings. The third kappa shape index (κ3) is 4.43. The van der Waals surface area contributed by atoms with Crippen LogP contribution in [0.3, 0.4) is 0 Å². The molecule has 172 valence electrons. The number of carbonyl (C=O) groups excluding carboxylic acids is 1. The van der Waals surface area contributed by atoms with E-state index in [1.807, 2.05) is 18.2 Å². The Balaban J connectivity index is 1.44. The molecule has 1 saturated carbocycles. The summed E-state index contributed by atoms with van der Waals surface area (Å²) in [5.74, 6) is -0.446. The van der Waals surface area contributed by atoms with Gasteiger partial charge in [-0.05, 0) is 73.6 Å². The molecule has 0 radical (unpaired) electrons. The van der Waals surface area contributed by atoms with Crippen molar-refractivity contribution in [3.05, 3.63) is 93.5 Å². The molecule has 0 atom stereocenters. The average Bonchev–Trinajstić information content (AvgIpc) is 3.63. The lowest BCUT2D eigenvalue weighted by Gasteiger charge is -2.11. The minimum Gasteiger partial charge on any atom is -0.331 e. The third-order valence-electron chi connectivity index (χ3n) is 5.48. The van der Waals surface area contributed by atoms with E-state index in [1.54, 1.807) is 42.5 Å². The highest BCUT2D eigenvalue weighted by molar-refractivity contribution is 7.89. The first-order valence-corrected chi connectivity index (χ1v) is 12.5. The van der Waals surface area contributed by atoms with Crippen LogP contribution >= 0.6 is 12.2 Å². The number of H-pyrrole nitrogens is 1. The maximum atomic E-state index is 13.0. The molecular weight excluding hydrogens is 472 g/mol. The average molecular weight is 493 g/mol. The number of aromatic amines is 1. The summed E-state index contributed by atoms with van der Waals surface area (Å²) in [6.07, 6.45) is 1.66. The molecular formula is C24H20N4O4S2. The molecule has 4 aromatic rings. The first-order chi connectivity index (χ1) is 16.3. The van der Waals surface area contributed by atoms with E-state index in [1.165, 1.54) is 16.7 Å². The Hall–Kier alpha value is -3.60. The Bertz CT molecular complexity index is 1640. The van der Waals surface area contributed by atoms with Crippen molar-refractivity contribution in [2.45, 2.75) is 23.8 Å². The number of amides is 1. The van der Waals surface area contributed by atoms with E-state index in [-0.39, 0.29) is 21.3 Å². The zero-order valence-electron chi connectivity index (χ0n) is 17.8. The van der Waals surface area contributed by atoms with E-state index in [0.29, 0.717) is 27.8 Å². The molecule has 0 spiro atoms. The highest BCUT2D eigenvalue weighted by Gasteiger charge is 2.28. The Labute approximate surface area is 200 Å². The first-order valence-electron chi connectivity index (χ1n) is 10.6. The van der Waals surface area contributed by atoms with E-state index < -0.39 is 15.9 Å². The van der Waals surface area contributed by atoms with Gasteiger partial charge in [0.05, 0.1) is 21.5 Å². The number of para-hydroxylation sites is 1. The van der Waals surface area contributed by atoms with Crippen molar-refractivity contribution in [1.29, 1.82) is 0 Å². The molecule has 1 aliphatic rings. The lowest BCUT2D eigenvalue weighted by Crippen LogP contribution is -2.25. The second-order valence-electron chi connectivity index (χ2n) is 8.04. The van der Waals surface area contributed by atoms with Crippen LogP contribution in [0.5, 0.6) is 0 Å². The maximum Gasteiger partial charge on any atom is 0.266 e. The molecule has 3 aromatic carbocycles. The van der Waals surface area contributed by atoms with E-state index in [4.69, 9.17) is 12.2 Å². The van der Waals surface area contributed by atoms with Gasteiger partial charge in [0.2, 0.25) is 10.0 Å². The van der Waals surface area contributed by atoms with Gasteiger partial charge in [-0.1, -0.05) is 24.3 Å². The number of anilines is 1. The first kappa shape index (κ1) is 22.2. The van der Waals surface area contributed by atoms with Crippen molar-refractivity contribution in [2.75, 3.05) is 5.32 Å². The molecule has 5 rings (SSSR count). The van der Waals surface area contributed by atoms with Gasteiger partial charge in [-0.2, -0.15) is 0 Å². The van der Waals surface area contributed by atoms with Crippen LogP contribution in [0.1, 0.15) is 23.2 Å². The van der Waals surface area contributed by atoms with Crippen LogP contribution in [0.25, 0.3) is 16.6 Å². The van der Waals surface area contributed by atoms with Crippen LogP contribution in [-0.4, -0.2) is 29.9 Å². The van der Waals surface area contributed by atoms with Crippen LogP contribution in [0.4, 0.5) is 5.69 Å². The van der Waals surface area contributed by atoms with Gasteiger partial charge >= 0.3 is 0 Å². The van der Waals surface area contributed by atoms with Crippen molar-refractivity contribution in [2.24, 2.45) is 0 Å².